The smallest absolute Gasteiger partial charge is 0.0381 e. The van der Waals surface area contributed by atoms with Crippen LogP contribution in [-0.2, 0) is 6.42 Å². The molecule has 4 saturated carbocycles. The van der Waals surface area contributed by atoms with Crippen molar-refractivity contribution in [3.05, 3.63) is 35.9 Å². The Morgan fingerprint density at radius 2 is 1.50 bits per heavy atom. The molecule has 0 aliphatic heterocycles. The van der Waals surface area contributed by atoms with Crippen molar-refractivity contribution in [3.8, 4) is 0 Å². The summed E-state index contributed by atoms with van der Waals surface area (Å²) < 4.78 is 0. The van der Waals surface area contributed by atoms with Crippen LogP contribution in [0, 0.1) is 23.2 Å². The summed E-state index contributed by atoms with van der Waals surface area (Å²) in [7, 11) is 0. The van der Waals surface area contributed by atoms with Crippen LogP contribution in [0.25, 0.3) is 0 Å². The first kappa shape index (κ1) is 13.2. The second kappa shape index (κ2) is 5.05. The third-order valence-electron chi connectivity index (χ3n) is 6.12. The molecule has 0 nitrogen and oxygen atoms in total. The Balaban J connectivity index is 1.43. The van der Waals surface area contributed by atoms with E-state index in [9.17, 15) is 0 Å². The zero-order valence-corrected chi connectivity index (χ0v) is 13.0. The van der Waals surface area contributed by atoms with Gasteiger partial charge >= 0.3 is 0 Å². The first-order chi connectivity index (χ1) is 9.71. The Bertz CT molecular complexity index is 429. The van der Waals surface area contributed by atoms with Crippen LogP contribution in [0.4, 0.5) is 0 Å². The molecule has 4 aliphatic rings. The van der Waals surface area contributed by atoms with Gasteiger partial charge in [-0.25, -0.2) is 0 Å². The van der Waals surface area contributed by atoms with Gasteiger partial charge in [0.15, 0.2) is 0 Å². The molecule has 0 amide bonds. The molecule has 0 radical (unpaired) electrons. The Kier molecular flexibility index (Phi) is 3.33. The summed E-state index contributed by atoms with van der Waals surface area (Å²) in [6.45, 7) is 0. The number of hydrogen-bond acceptors (Lipinski definition) is 0. The fourth-order valence-electron chi connectivity index (χ4n) is 5.95. The molecule has 1 aromatic rings. The van der Waals surface area contributed by atoms with Crippen LogP contribution in [0.15, 0.2) is 30.3 Å². The molecule has 0 N–H and O–H groups in total. The summed E-state index contributed by atoms with van der Waals surface area (Å²) in [6, 6.07) is 10.8. The normalized spacial score (nSPS) is 40.0. The fourth-order valence-corrected chi connectivity index (χ4v) is 6.46. The van der Waals surface area contributed by atoms with Gasteiger partial charge in [-0.3, -0.25) is 0 Å². The summed E-state index contributed by atoms with van der Waals surface area (Å²) in [5.74, 6) is 3.13. The van der Waals surface area contributed by atoms with Crippen molar-refractivity contribution in [3.63, 3.8) is 0 Å². The highest BCUT2D eigenvalue weighted by atomic mass is 35.5. The van der Waals surface area contributed by atoms with Gasteiger partial charge in [0.1, 0.15) is 0 Å². The van der Waals surface area contributed by atoms with Crippen LogP contribution in [0.5, 0.6) is 0 Å². The van der Waals surface area contributed by atoms with E-state index in [2.05, 4.69) is 30.3 Å². The Labute approximate surface area is 127 Å². The number of rotatable bonds is 4. The van der Waals surface area contributed by atoms with Crippen molar-refractivity contribution in [2.75, 3.05) is 0 Å². The van der Waals surface area contributed by atoms with Gasteiger partial charge in [0.05, 0.1) is 0 Å². The lowest BCUT2D eigenvalue weighted by atomic mass is 9.48. The molecule has 1 unspecified atom stereocenters. The van der Waals surface area contributed by atoms with Gasteiger partial charge in [-0.2, -0.15) is 0 Å². The van der Waals surface area contributed by atoms with Crippen molar-refractivity contribution in [1.82, 2.24) is 0 Å². The standard InChI is InChI=1S/C19H25Cl/c20-18(9-14-4-2-1-3-5-14)13-19-10-15-6-16(11-19)8-17(7-15)12-19/h1-5,15-18H,6-13H2. The molecule has 0 spiro atoms. The quantitative estimate of drug-likeness (QED) is 0.647. The Morgan fingerprint density at radius 1 is 0.950 bits per heavy atom. The minimum atomic E-state index is 0.327. The molecule has 0 saturated heterocycles. The molecule has 1 heteroatoms. The zero-order chi connectivity index (χ0) is 13.6. The highest BCUT2D eigenvalue weighted by Gasteiger charge is 2.51. The van der Waals surface area contributed by atoms with E-state index in [1.165, 1.54) is 50.5 Å². The van der Waals surface area contributed by atoms with E-state index in [4.69, 9.17) is 11.6 Å². The van der Waals surface area contributed by atoms with E-state index in [0.29, 0.717) is 10.8 Å². The van der Waals surface area contributed by atoms with E-state index < -0.39 is 0 Å². The van der Waals surface area contributed by atoms with Crippen molar-refractivity contribution in [2.45, 2.75) is 56.7 Å². The molecule has 4 aliphatic carbocycles. The van der Waals surface area contributed by atoms with Crippen LogP contribution < -0.4 is 0 Å². The Morgan fingerprint density at radius 3 is 2.05 bits per heavy atom. The molecule has 5 rings (SSSR count). The summed E-state index contributed by atoms with van der Waals surface area (Å²) in [5, 5.41) is 0.327. The Hall–Kier alpha value is -0.490. The molecule has 1 atom stereocenters. The second-order valence-corrected chi connectivity index (χ2v) is 8.53. The van der Waals surface area contributed by atoms with Gasteiger partial charge in [-0.15, -0.1) is 11.6 Å². The van der Waals surface area contributed by atoms with Crippen LogP contribution in [0.1, 0.15) is 50.5 Å². The fraction of sp³-hybridized carbons (Fsp3) is 0.684. The van der Waals surface area contributed by atoms with Crippen molar-refractivity contribution >= 4 is 11.6 Å². The van der Waals surface area contributed by atoms with Crippen LogP contribution in [-0.4, -0.2) is 5.38 Å². The van der Waals surface area contributed by atoms with Crippen LogP contribution in [0.2, 0.25) is 0 Å². The number of halogens is 1. The summed E-state index contributed by atoms with van der Waals surface area (Å²) in [5.41, 5.74) is 2.02. The van der Waals surface area contributed by atoms with Gasteiger partial charge in [0, 0.05) is 5.38 Å². The molecule has 0 heterocycles. The zero-order valence-electron chi connectivity index (χ0n) is 12.2. The van der Waals surface area contributed by atoms with E-state index in [-0.39, 0.29) is 0 Å². The molecule has 108 valence electrons. The van der Waals surface area contributed by atoms with Crippen LogP contribution in [0.3, 0.4) is 0 Å². The minimum absolute atomic E-state index is 0.327. The lowest BCUT2D eigenvalue weighted by Crippen LogP contribution is -2.47. The maximum atomic E-state index is 6.75. The first-order valence-corrected chi connectivity index (χ1v) is 8.82. The number of alkyl halides is 1. The monoisotopic (exact) mass is 288 g/mol. The third kappa shape index (κ3) is 2.52. The lowest BCUT2D eigenvalue weighted by molar-refractivity contribution is -0.0574. The van der Waals surface area contributed by atoms with Gasteiger partial charge in [0.2, 0.25) is 0 Å². The average Bonchev–Trinajstić information content (AvgIpc) is 2.37. The molecular formula is C19H25Cl. The first-order valence-electron chi connectivity index (χ1n) is 8.39. The maximum Gasteiger partial charge on any atom is 0.0381 e. The van der Waals surface area contributed by atoms with Crippen LogP contribution >= 0.6 is 11.6 Å². The number of benzene rings is 1. The predicted octanol–water partition coefficient (Wildman–Crippen LogP) is 5.44. The SMILES string of the molecule is ClC(Cc1ccccc1)CC12CC3CC(CC(C3)C1)C2. The largest absolute Gasteiger partial charge is 0.123 e. The molecule has 0 aromatic heterocycles. The topological polar surface area (TPSA) is 0 Å². The molecular weight excluding hydrogens is 264 g/mol. The minimum Gasteiger partial charge on any atom is -0.123 e. The van der Waals surface area contributed by atoms with Crippen molar-refractivity contribution in [2.24, 2.45) is 23.2 Å². The van der Waals surface area contributed by atoms with E-state index in [1.807, 2.05) is 0 Å². The maximum absolute atomic E-state index is 6.75. The van der Waals surface area contributed by atoms with E-state index >= 15 is 0 Å². The summed E-state index contributed by atoms with van der Waals surface area (Å²) in [6.07, 6.45) is 11.3. The molecule has 4 fully saturated rings. The third-order valence-corrected chi connectivity index (χ3v) is 6.43. The van der Waals surface area contributed by atoms with Crippen molar-refractivity contribution < 1.29 is 0 Å². The molecule has 1 aromatic carbocycles. The van der Waals surface area contributed by atoms with Gasteiger partial charge in [0.25, 0.3) is 0 Å². The average molecular weight is 289 g/mol. The van der Waals surface area contributed by atoms with Gasteiger partial charge < -0.3 is 0 Å². The van der Waals surface area contributed by atoms with Gasteiger partial charge in [-0.05, 0) is 80.1 Å². The highest BCUT2D eigenvalue weighted by Crippen LogP contribution is 2.61. The number of hydrogen-bond donors (Lipinski definition) is 0. The summed E-state index contributed by atoms with van der Waals surface area (Å²) in [4.78, 5) is 0. The second-order valence-electron chi connectivity index (χ2n) is 7.91. The predicted molar refractivity (Wildman–Crippen MR) is 85.0 cm³/mol. The van der Waals surface area contributed by atoms with E-state index in [1.54, 1.807) is 0 Å². The summed E-state index contributed by atoms with van der Waals surface area (Å²) >= 11 is 6.75. The lowest BCUT2D eigenvalue weighted by Gasteiger charge is -2.57. The van der Waals surface area contributed by atoms with E-state index in [0.717, 1.165) is 24.2 Å². The molecule has 20 heavy (non-hydrogen) atoms. The molecule has 4 bridgehead atoms. The van der Waals surface area contributed by atoms with Gasteiger partial charge in [-0.1, -0.05) is 30.3 Å². The highest BCUT2D eigenvalue weighted by molar-refractivity contribution is 6.20. The van der Waals surface area contributed by atoms with Crippen molar-refractivity contribution in [1.29, 1.82) is 0 Å².